The number of hydrogen-bond acceptors (Lipinski definition) is 2. The fourth-order valence-electron chi connectivity index (χ4n) is 1.03. The Morgan fingerprint density at radius 3 is 2.92 bits per heavy atom. The second-order valence-electron chi connectivity index (χ2n) is 2.83. The lowest BCUT2D eigenvalue weighted by Crippen LogP contribution is -1.88. The Labute approximate surface area is 76.5 Å². The standard InChI is InChI=1S/C9H11N3O/c1-7-2-3-8(6-9(7)13)4-5-11-12-10/h2-3,6,13H,4-5H2,1H3. The van der Waals surface area contributed by atoms with Crippen molar-refractivity contribution in [2.24, 2.45) is 5.11 Å². The average Bonchev–Trinajstić information content (AvgIpc) is 2.12. The van der Waals surface area contributed by atoms with E-state index < -0.39 is 0 Å². The van der Waals surface area contributed by atoms with Gasteiger partial charge < -0.3 is 5.11 Å². The molecule has 0 radical (unpaired) electrons. The van der Waals surface area contributed by atoms with Crippen LogP contribution >= 0.6 is 0 Å². The lowest BCUT2D eigenvalue weighted by Gasteiger charge is -2.01. The van der Waals surface area contributed by atoms with Gasteiger partial charge in [0, 0.05) is 11.5 Å². The molecule has 13 heavy (non-hydrogen) atoms. The van der Waals surface area contributed by atoms with Gasteiger partial charge in [-0.15, -0.1) is 0 Å². The van der Waals surface area contributed by atoms with E-state index in [0.717, 1.165) is 11.1 Å². The van der Waals surface area contributed by atoms with Gasteiger partial charge in [0.1, 0.15) is 5.75 Å². The predicted molar refractivity (Wildman–Crippen MR) is 50.6 cm³/mol. The maximum absolute atomic E-state index is 9.35. The van der Waals surface area contributed by atoms with Crippen LogP contribution in [0.3, 0.4) is 0 Å². The fraction of sp³-hybridized carbons (Fsp3) is 0.333. The molecule has 0 aliphatic rings. The van der Waals surface area contributed by atoms with E-state index in [1.165, 1.54) is 0 Å². The van der Waals surface area contributed by atoms with Crippen LogP contribution in [-0.4, -0.2) is 11.7 Å². The van der Waals surface area contributed by atoms with Crippen molar-refractivity contribution < 1.29 is 5.11 Å². The number of aromatic hydroxyl groups is 1. The first kappa shape index (κ1) is 9.42. The molecule has 0 aliphatic carbocycles. The van der Waals surface area contributed by atoms with Crippen LogP contribution in [0, 0.1) is 6.92 Å². The molecular weight excluding hydrogens is 166 g/mol. The van der Waals surface area contributed by atoms with E-state index in [2.05, 4.69) is 10.0 Å². The second-order valence-corrected chi connectivity index (χ2v) is 2.83. The molecule has 0 spiro atoms. The maximum Gasteiger partial charge on any atom is 0.118 e. The third kappa shape index (κ3) is 2.69. The van der Waals surface area contributed by atoms with Gasteiger partial charge in [0.2, 0.25) is 0 Å². The quantitative estimate of drug-likeness (QED) is 0.430. The Morgan fingerprint density at radius 1 is 1.54 bits per heavy atom. The summed E-state index contributed by atoms with van der Waals surface area (Å²) in [6.07, 6.45) is 0.665. The first-order valence-electron chi connectivity index (χ1n) is 4.03. The molecule has 0 fully saturated rings. The van der Waals surface area contributed by atoms with Crippen molar-refractivity contribution >= 4 is 0 Å². The van der Waals surface area contributed by atoms with E-state index in [1.807, 2.05) is 19.1 Å². The minimum absolute atomic E-state index is 0.290. The van der Waals surface area contributed by atoms with Crippen LogP contribution in [0.15, 0.2) is 23.3 Å². The Balaban J connectivity index is 2.68. The van der Waals surface area contributed by atoms with Crippen molar-refractivity contribution in [1.82, 2.24) is 0 Å². The number of phenolic OH excluding ortho intramolecular Hbond substituents is 1. The van der Waals surface area contributed by atoms with Crippen molar-refractivity contribution in [2.45, 2.75) is 13.3 Å². The topological polar surface area (TPSA) is 69.0 Å². The maximum atomic E-state index is 9.35. The Kier molecular flexibility index (Phi) is 3.17. The van der Waals surface area contributed by atoms with Gasteiger partial charge in [-0.2, -0.15) is 0 Å². The Hall–Kier alpha value is -1.67. The van der Waals surface area contributed by atoms with E-state index in [0.29, 0.717) is 18.7 Å². The van der Waals surface area contributed by atoms with Crippen molar-refractivity contribution in [3.05, 3.63) is 39.8 Å². The number of phenols is 1. The van der Waals surface area contributed by atoms with E-state index in [1.54, 1.807) is 6.07 Å². The molecule has 0 aromatic heterocycles. The molecule has 68 valence electrons. The molecule has 1 aromatic carbocycles. The highest BCUT2D eigenvalue weighted by atomic mass is 16.3. The van der Waals surface area contributed by atoms with Crippen LogP contribution in [0.5, 0.6) is 5.75 Å². The first-order valence-corrected chi connectivity index (χ1v) is 4.03. The monoisotopic (exact) mass is 177 g/mol. The summed E-state index contributed by atoms with van der Waals surface area (Å²) in [4.78, 5) is 2.65. The van der Waals surface area contributed by atoms with Gasteiger partial charge in [0.05, 0.1) is 0 Å². The predicted octanol–water partition coefficient (Wildman–Crippen LogP) is 2.55. The highest BCUT2D eigenvalue weighted by Crippen LogP contribution is 2.17. The molecule has 0 saturated heterocycles. The molecule has 0 aliphatic heterocycles. The van der Waals surface area contributed by atoms with E-state index >= 15 is 0 Å². The summed E-state index contributed by atoms with van der Waals surface area (Å²) < 4.78 is 0. The zero-order valence-electron chi connectivity index (χ0n) is 7.44. The molecule has 0 atom stereocenters. The fourth-order valence-corrected chi connectivity index (χ4v) is 1.03. The summed E-state index contributed by atoms with van der Waals surface area (Å²) in [5, 5.41) is 12.8. The van der Waals surface area contributed by atoms with Gasteiger partial charge in [-0.05, 0) is 36.1 Å². The average molecular weight is 177 g/mol. The lowest BCUT2D eigenvalue weighted by molar-refractivity contribution is 0.470. The summed E-state index contributed by atoms with van der Waals surface area (Å²) in [6.45, 7) is 2.27. The van der Waals surface area contributed by atoms with Gasteiger partial charge in [-0.25, -0.2) is 0 Å². The molecule has 0 saturated carbocycles. The SMILES string of the molecule is Cc1ccc(CCN=[N+]=[N-])cc1O. The minimum Gasteiger partial charge on any atom is -0.508 e. The van der Waals surface area contributed by atoms with Gasteiger partial charge in [-0.3, -0.25) is 0 Å². The minimum atomic E-state index is 0.290. The number of aryl methyl sites for hydroxylation is 1. The Bertz CT molecular complexity index is 343. The van der Waals surface area contributed by atoms with E-state index in [9.17, 15) is 5.11 Å². The third-order valence-corrected chi connectivity index (χ3v) is 1.84. The third-order valence-electron chi connectivity index (χ3n) is 1.84. The molecule has 0 bridgehead atoms. The molecular formula is C9H11N3O. The molecule has 0 amide bonds. The van der Waals surface area contributed by atoms with E-state index in [4.69, 9.17) is 5.53 Å². The highest BCUT2D eigenvalue weighted by Gasteiger charge is 1.97. The van der Waals surface area contributed by atoms with Crippen LogP contribution in [0.1, 0.15) is 11.1 Å². The van der Waals surface area contributed by atoms with Crippen molar-refractivity contribution in [3.63, 3.8) is 0 Å². The normalized spacial score (nSPS) is 9.31. The van der Waals surface area contributed by atoms with Crippen LogP contribution in [-0.2, 0) is 6.42 Å². The summed E-state index contributed by atoms with van der Waals surface area (Å²) in [6, 6.07) is 5.46. The number of rotatable bonds is 3. The molecule has 0 heterocycles. The van der Waals surface area contributed by atoms with Crippen LogP contribution in [0.4, 0.5) is 0 Å². The van der Waals surface area contributed by atoms with Gasteiger partial charge in [0.15, 0.2) is 0 Å². The van der Waals surface area contributed by atoms with Crippen LogP contribution in [0.25, 0.3) is 10.4 Å². The molecule has 1 N–H and O–H groups in total. The zero-order chi connectivity index (χ0) is 9.68. The number of hydrogen-bond donors (Lipinski definition) is 1. The lowest BCUT2D eigenvalue weighted by atomic mass is 10.1. The van der Waals surface area contributed by atoms with Gasteiger partial charge in [-0.1, -0.05) is 17.2 Å². The summed E-state index contributed by atoms with van der Waals surface area (Å²) in [7, 11) is 0. The van der Waals surface area contributed by atoms with Gasteiger partial charge >= 0.3 is 0 Å². The second kappa shape index (κ2) is 4.38. The molecule has 1 aromatic rings. The molecule has 0 unspecified atom stereocenters. The van der Waals surface area contributed by atoms with Crippen LogP contribution in [0.2, 0.25) is 0 Å². The van der Waals surface area contributed by atoms with Crippen LogP contribution < -0.4 is 0 Å². The largest absolute Gasteiger partial charge is 0.508 e. The summed E-state index contributed by atoms with van der Waals surface area (Å²) >= 11 is 0. The highest BCUT2D eigenvalue weighted by molar-refractivity contribution is 5.35. The molecule has 1 rings (SSSR count). The zero-order valence-corrected chi connectivity index (χ0v) is 7.44. The van der Waals surface area contributed by atoms with Crippen molar-refractivity contribution in [1.29, 1.82) is 0 Å². The Morgan fingerprint density at radius 2 is 2.31 bits per heavy atom. The first-order chi connectivity index (χ1) is 6.24. The van der Waals surface area contributed by atoms with Gasteiger partial charge in [0.25, 0.3) is 0 Å². The van der Waals surface area contributed by atoms with E-state index in [-0.39, 0.29) is 0 Å². The van der Waals surface area contributed by atoms with Crippen molar-refractivity contribution in [2.75, 3.05) is 6.54 Å². The molecule has 4 nitrogen and oxygen atoms in total. The summed E-state index contributed by atoms with van der Waals surface area (Å²) in [5.41, 5.74) is 9.89. The number of azide groups is 1. The van der Waals surface area contributed by atoms with Crippen molar-refractivity contribution in [3.8, 4) is 5.75 Å². The molecule has 4 heteroatoms. The smallest absolute Gasteiger partial charge is 0.118 e. The summed E-state index contributed by atoms with van der Waals surface area (Å²) in [5.74, 6) is 0.290. The number of nitrogens with zero attached hydrogens (tertiary/aromatic N) is 3. The number of benzene rings is 1.